The average Bonchev–Trinajstić information content (AvgIpc) is 3.84. The first-order valence-electron chi connectivity index (χ1n) is 15.3. The van der Waals surface area contributed by atoms with Crippen LogP contribution in [0.5, 0.6) is 0 Å². The molecule has 0 aliphatic heterocycles. The lowest BCUT2D eigenvalue weighted by molar-refractivity contribution is 0.620. The van der Waals surface area contributed by atoms with Gasteiger partial charge in [0.25, 0.3) is 0 Å². The molecule has 0 N–H and O–H groups in total. The molecule has 4 aromatic heterocycles. The van der Waals surface area contributed by atoms with Crippen molar-refractivity contribution in [3.05, 3.63) is 133 Å². The Morgan fingerprint density at radius 3 is 2.09 bits per heavy atom. The van der Waals surface area contributed by atoms with Crippen LogP contribution in [0.2, 0.25) is 0 Å². The van der Waals surface area contributed by atoms with E-state index < -0.39 is 0 Å². The molecule has 0 saturated carbocycles. The van der Waals surface area contributed by atoms with Crippen molar-refractivity contribution in [2.75, 3.05) is 0 Å². The minimum atomic E-state index is 0.561. The van der Waals surface area contributed by atoms with Gasteiger partial charge >= 0.3 is 0 Å². The number of thiophene rings is 1. The highest BCUT2D eigenvalue weighted by atomic mass is 32.1. The lowest BCUT2D eigenvalue weighted by Crippen LogP contribution is -2.00. The molecule has 0 fully saturated rings. The van der Waals surface area contributed by atoms with Crippen molar-refractivity contribution in [3.8, 4) is 45.6 Å². The van der Waals surface area contributed by atoms with E-state index in [1.54, 1.807) is 11.3 Å². The van der Waals surface area contributed by atoms with E-state index in [9.17, 15) is 0 Å². The van der Waals surface area contributed by atoms with Gasteiger partial charge in [-0.3, -0.25) is 0 Å². The van der Waals surface area contributed by atoms with Crippen LogP contribution in [0.4, 0.5) is 0 Å². The maximum atomic E-state index is 6.35. The van der Waals surface area contributed by atoms with Crippen LogP contribution in [0.1, 0.15) is 0 Å². The summed E-state index contributed by atoms with van der Waals surface area (Å²) in [5.74, 6) is 2.36. The number of hydrogen-bond donors (Lipinski definition) is 0. The molecule has 6 aromatic carbocycles. The zero-order valence-corrected chi connectivity index (χ0v) is 25.5. The largest absolute Gasteiger partial charge is 0.456 e. The molecule has 4 heterocycles. The SMILES string of the molecule is c1ccc(-c2nc(-c3ccc4c(c3)sc3ccccc34)nc(-c3cccc4oc5ccc(-c6nc7ccccc7o6)cc5c34)n2)cc1. The van der Waals surface area contributed by atoms with Gasteiger partial charge in [-0.05, 0) is 48.5 Å². The monoisotopic (exact) mass is 622 g/mol. The topological polar surface area (TPSA) is 77.8 Å². The Morgan fingerprint density at radius 2 is 1.17 bits per heavy atom. The normalized spacial score (nSPS) is 11.8. The molecule has 0 radical (unpaired) electrons. The number of fused-ring (bicyclic) bond motifs is 7. The van der Waals surface area contributed by atoms with Gasteiger partial charge in [-0.2, -0.15) is 0 Å². The minimum absolute atomic E-state index is 0.561. The molecule has 0 aliphatic rings. The second-order valence-electron chi connectivity index (χ2n) is 11.5. The van der Waals surface area contributed by atoms with Gasteiger partial charge < -0.3 is 8.83 Å². The highest BCUT2D eigenvalue weighted by Gasteiger charge is 2.19. The smallest absolute Gasteiger partial charge is 0.227 e. The van der Waals surface area contributed by atoms with Gasteiger partial charge in [0, 0.05) is 53.2 Å². The molecule has 10 aromatic rings. The standard InChI is InChI=1S/C40H22N4O2S/c1-2-9-23(10-3-1)37-42-38(24-17-19-27-26-11-4-7-16-34(26)47-35(27)22-24)44-39(43-37)28-12-8-15-33-36(28)29-21-25(18-20-31(29)45-33)40-41-30-13-5-6-14-32(30)46-40/h1-22H. The van der Waals surface area contributed by atoms with E-state index >= 15 is 0 Å². The summed E-state index contributed by atoms with van der Waals surface area (Å²) < 4.78 is 14.9. The molecule has 47 heavy (non-hydrogen) atoms. The van der Waals surface area contributed by atoms with E-state index in [0.717, 1.165) is 55.3 Å². The zero-order chi connectivity index (χ0) is 30.9. The number of oxazole rings is 1. The summed E-state index contributed by atoms with van der Waals surface area (Å²) in [6.07, 6.45) is 0. The van der Waals surface area contributed by atoms with E-state index in [-0.39, 0.29) is 0 Å². The minimum Gasteiger partial charge on any atom is -0.456 e. The molecule has 220 valence electrons. The number of aromatic nitrogens is 4. The number of benzene rings is 6. The number of furan rings is 1. The second-order valence-corrected chi connectivity index (χ2v) is 12.5. The van der Waals surface area contributed by atoms with Crippen LogP contribution < -0.4 is 0 Å². The Hall–Kier alpha value is -6.18. The fourth-order valence-electron chi connectivity index (χ4n) is 6.35. The molecule has 0 bridgehead atoms. The summed E-state index contributed by atoms with van der Waals surface area (Å²) in [6.45, 7) is 0. The van der Waals surface area contributed by atoms with Crippen molar-refractivity contribution in [1.82, 2.24) is 19.9 Å². The molecule has 6 nitrogen and oxygen atoms in total. The first-order chi connectivity index (χ1) is 23.2. The van der Waals surface area contributed by atoms with Crippen molar-refractivity contribution >= 4 is 64.5 Å². The van der Waals surface area contributed by atoms with Crippen molar-refractivity contribution in [2.24, 2.45) is 0 Å². The first kappa shape index (κ1) is 26.1. The maximum absolute atomic E-state index is 6.35. The van der Waals surface area contributed by atoms with Crippen molar-refractivity contribution in [1.29, 1.82) is 0 Å². The van der Waals surface area contributed by atoms with Crippen LogP contribution in [0.25, 0.3) is 98.8 Å². The summed E-state index contributed by atoms with van der Waals surface area (Å²) in [5.41, 5.74) is 6.67. The molecular weight excluding hydrogens is 601 g/mol. The predicted octanol–water partition coefficient (Wildman–Crippen LogP) is 10.9. The van der Waals surface area contributed by atoms with E-state index in [1.807, 2.05) is 84.9 Å². The number of para-hydroxylation sites is 2. The van der Waals surface area contributed by atoms with Crippen molar-refractivity contribution < 1.29 is 8.83 Å². The van der Waals surface area contributed by atoms with E-state index in [2.05, 4.69) is 48.5 Å². The molecule has 0 spiro atoms. The van der Waals surface area contributed by atoms with Gasteiger partial charge in [0.15, 0.2) is 23.1 Å². The van der Waals surface area contributed by atoms with Gasteiger partial charge in [-0.15, -0.1) is 11.3 Å². The average molecular weight is 623 g/mol. The molecular formula is C40H22N4O2S. The zero-order valence-electron chi connectivity index (χ0n) is 24.7. The van der Waals surface area contributed by atoms with Crippen LogP contribution in [-0.2, 0) is 0 Å². The summed E-state index contributed by atoms with van der Waals surface area (Å²) >= 11 is 1.78. The van der Waals surface area contributed by atoms with Crippen LogP contribution in [0.15, 0.2) is 142 Å². The quantitative estimate of drug-likeness (QED) is 0.194. The van der Waals surface area contributed by atoms with E-state index in [4.69, 9.17) is 28.8 Å². The number of rotatable bonds is 4. The third kappa shape index (κ3) is 4.25. The third-order valence-corrected chi connectivity index (χ3v) is 9.71. The highest BCUT2D eigenvalue weighted by molar-refractivity contribution is 7.25. The molecule has 0 atom stereocenters. The van der Waals surface area contributed by atoms with Crippen LogP contribution in [-0.4, -0.2) is 19.9 Å². The van der Waals surface area contributed by atoms with Gasteiger partial charge in [0.2, 0.25) is 5.89 Å². The van der Waals surface area contributed by atoms with Crippen molar-refractivity contribution in [3.63, 3.8) is 0 Å². The van der Waals surface area contributed by atoms with E-state index in [0.29, 0.717) is 23.4 Å². The summed E-state index contributed by atoms with van der Waals surface area (Å²) in [7, 11) is 0. The van der Waals surface area contributed by atoms with Crippen LogP contribution in [0, 0.1) is 0 Å². The van der Waals surface area contributed by atoms with Gasteiger partial charge in [0.05, 0.1) is 0 Å². The Balaban J connectivity index is 1.19. The number of nitrogens with zero attached hydrogens (tertiary/aromatic N) is 4. The lowest BCUT2D eigenvalue weighted by Gasteiger charge is -2.09. The molecule has 0 unspecified atom stereocenters. The Morgan fingerprint density at radius 1 is 0.426 bits per heavy atom. The predicted molar refractivity (Wildman–Crippen MR) is 189 cm³/mol. The summed E-state index contributed by atoms with van der Waals surface area (Å²) in [5, 5.41) is 4.36. The maximum Gasteiger partial charge on any atom is 0.227 e. The second kappa shape index (κ2) is 10.2. The molecule has 7 heteroatoms. The molecule has 0 amide bonds. The van der Waals surface area contributed by atoms with Gasteiger partial charge in [0.1, 0.15) is 16.7 Å². The molecule has 10 rings (SSSR count). The van der Waals surface area contributed by atoms with Crippen molar-refractivity contribution in [2.45, 2.75) is 0 Å². The first-order valence-corrected chi connectivity index (χ1v) is 16.1. The van der Waals surface area contributed by atoms with Gasteiger partial charge in [-0.1, -0.05) is 84.9 Å². The van der Waals surface area contributed by atoms with E-state index in [1.165, 1.54) is 20.2 Å². The summed E-state index contributed by atoms with van der Waals surface area (Å²) in [6, 6.07) is 44.8. The van der Waals surface area contributed by atoms with Crippen LogP contribution >= 0.6 is 11.3 Å². The fourth-order valence-corrected chi connectivity index (χ4v) is 7.49. The Kier molecular flexibility index (Phi) is 5.64. The lowest BCUT2D eigenvalue weighted by atomic mass is 10.0. The Labute approximate surface area is 271 Å². The number of hydrogen-bond acceptors (Lipinski definition) is 7. The van der Waals surface area contributed by atoms with Crippen LogP contribution in [0.3, 0.4) is 0 Å². The third-order valence-electron chi connectivity index (χ3n) is 8.58. The summed E-state index contributed by atoms with van der Waals surface area (Å²) in [4.78, 5) is 19.9. The van der Waals surface area contributed by atoms with Gasteiger partial charge in [-0.25, -0.2) is 19.9 Å². The molecule has 0 saturated heterocycles. The Bertz CT molecular complexity index is 2780. The highest BCUT2D eigenvalue weighted by Crippen LogP contribution is 2.40. The fraction of sp³-hybridized carbons (Fsp3) is 0. The molecule has 0 aliphatic carbocycles.